The number of benzene rings is 2. The van der Waals surface area contributed by atoms with Gasteiger partial charge in [0.1, 0.15) is 11.6 Å². The van der Waals surface area contributed by atoms with Crippen LogP contribution in [0.4, 0.5) is 10.2 Å². The Morgan fingerprint density at radius 2 is 2.11 bits per heavy atom. The molecule has 0 saturated carbocycles. The van der Waals surface area contributed by atoms with Crippen molar-refractivity contribution in [2.75, 3.05) is 25.9 Å². The van der Waals surface area contributed by atoms with Gasteiger partial charge in [0.15, 0.2) is 0 Å². The van der Waals surface area contributed by atoms with Gasteiger partial charge in [-0.25, -0.2) is 9.37 Å². The maximum absolute atomic E-state index is 15.0. The predicted molar refractivity (Wildman–Crippen MR) is 132 cm³/mol. The average Bonchev–Trinajstić information content (AvgIpc) is 2.84. The van der Waals surface area contributed by atoms with Gasteiger partial charge < -0.3 is 21.1 Å². The summed E-state index contributed by atoms with van der Waals surface area (Å²) < 4.78 is 15.0. The topological polar surface area (TPSA) is 109 Å². The Morgan fingerprint density at radius 1 is 1.31 bits per heavy atom. The number of hydrogen-bond acceptors (Lipinski definition) is 5. The van der Waals surface area contributed by atoms with Crippen molar-refractivity contribution in [2.24, 2.45) is 0 Å². The molecule has 4 rings (SSSR count). The highest BCUT2D eigenvalue weighted by atomic mass is 35.5. The molecule has 1 unspecified atom stereocenters. The lowest BCUT2D eigenvalue weighted by Crippen LogP contribution is -2.34. The third-order valence-corrected chi connectivity index (χ3v) is 6.57. The molecule has 1 aromatic heterocycles. The number of nitrogens with one attached hydrogen (secondary N) is 1. The predicted octanol–water partition coefficient (Wildman–Crippen LogP) is 3.92. The van der Waals surface area contributed by atoms with Crippen molar-refractivity contribution in [1.29, 1.82) is 0 Å². The molecule has 182 valence electrons. The Balaban J connectivity index is 1.56. The van der Waals surface area contributed by atoms with Crippen LogP contribution in [0.15, 0.2) is 54.7 Å². The number of nitrogens with zero attached hydrogens (tertiary/aromatic N) is 2. The van der Waals surface area contributed by atoms with Crippen LogP contribution in [0.1, 0.15) is 46.3 Å². The number of piperidine rings is 1. The van der Waals surface area contributed by atoms with Crippen molar-refractivity contribution >= 4 is 29.2 Å². The lowest BCUT2D eigenvalue weighted by molar-refractivity contribution is -0.132. The number of aromatic nitrogens is 1. The van der Waals surface area contributed by atoms with Crippen molar-refractivity contribution in [1.82, 2.24) is 15.2 Å². The summed E-state index contributed by atoms with van der Waals surface area (Å²) >= 11 is 6.00. The second-order valence-corrected chi connectivity index (χ2v) is 9.10. The number of aliphatic hydroxyl groups is 1. The van der Waals surface area contributed by atoms with Gasteiger partial charge in [-0.1, -0.05) is 29.8 Å². The highest BCUT2D eigenvalue weighted by Crippen LogP contribution is 2.33. The number of likely N-dealkylation sites (tertiary alicyclic amines) is 1. The Hall–Kier alpha value is -3.49. The van der Waals surface area contributed by atoms with Gasteiger partial charge in [-0.05, 0) is 59.4 Å². The fraction of sp³-hybridized carbons (Fsp3) is 0.269. The van der Waals surface area contributed by atoms with Crippen LogP contribution >= 0.6 is 11.6 Å². The Kier molecular flexibility index (Phi) is 7.33. The van der Waals surface area contributed by atoms with Crippen LogP contribution in [0, 0.1) is 5.82 Å². The van der Waals surface area contributed by atoms with E-state index >= 15 is 4.39 Å². The molecule has 2 aromatic carbocycles. The molecule has 35 heavy (non-hydrogen) atoms. The van der Waals surface area contributed by atoms with Crippen LogP contribution in [0.2, 0.25) is 5.02 Å². The van der Waals surface area contributed by atoms with E-state index in [9.17, 15) is 14.7 Å². The van der Waals surface area contributed by atoms with Gasteiger partial charge >= 0.3 is 0 Å². The molecule has 9 heteroatoms. The monoisotopic (exact) mass is 496 g/mol. The smallest absolute Gasteiger partial charge is 0.254 e. The normalized spacial score (nSPS) is 16.7. The Morgan fingerprint density at radius 3 is 2.80 bits per heavy atom. The fourth-order valence-electron chi connectivity index (χ4n) is 4.23. The number of rotatable bonds is 6. The highest BCUT2D eigenvalue weighted by molar-refractivity contribution is 6.30. The molecule has 0 bridgehead atoms. The minimum absolute atomic E-state index is 0.0161. The number of anilines is 1. The number of amides is 2. The van der Waals surface area contributed by atoms with Crippen LogP contribution < -0.4 is 11.1 Å². The van der Waals surface area contributed by atoms with Crippen LogP contribution in [-0.2, 0) is 4.79 Å². The van der Waals surface area contributed by atoms with Gasteiger partial charge in [-0.2, -0.15) is 0 Å². The molecule has 1 saturated heterocycles. The molecule has 0 radical (unpaired) electrons. The van der Waals surface area contributed by atoms with Gasteiger partial charge in [0, 0.05) is 36.8 Å². The largest absolute Gasteiger partial charge is 0.394 e. The number of carbonyl (C=O) groups excluding carboxylic acids is 2. The first-order valence-electron chi connectivity index (χ1n) is 11.2. The third kappa shape index (κ3) is 5.44. The number of nitrogens with two attached hydrogens (primary N) is 1. The molecule has 1 fully saturated rings. The van der Waals surface area contributed by atoms with E-state index in [4.69, 9.17) is 17.3 Å². The number of carbonyl (C=O) groups is 2. The molecule has 1 aliphatic heterocycles. The second kappa shape index (κ2) is 10.4. The summed E-state index contributed by atoms with van der Waals surface area (Å²) in [5.41, 5.74) is 8.39. The molecule has 0 aliphatic carbocycles. The zero-order valence-electron chi connectivity index (χ0n) is 19.2. The van der Waals surface area contributed by atoms with Gasteiger partial charge in [-0.3, -0.25) is 9.59 Å². The van der Waals surface area contributed by atoms with Crippen LogP contribution in [0.25, 0.3) is 11.1 Å². The van der Waals surface area contributed by atoms with Gasteiger partial charge in [0.2, 0.25) is 5.91 Å². The molecule has 0 spiro atoms. The van der Waals surface area contributed by atoms with E-state index in [1.807, 2.05) is 6.07 Å². The second-order valence-electron chi connectivity index (χ2n) is 8.66. The molecular formula is C26H26ClFN4O3. The van der Waals surface area contributed by atoms with E-state index in [2.05, 4.69) is 10.3 Å². The number of pyridine rings is 1. The summed E-state index contributed by atoms with van der Waals surface area (Å²) in [5, 5.41) is 12.8. The first-order valence-corrected chi connectivity index (χ1v) is 11.6. The minimum Gasteiger partial charge on any atom is -0.394 e. The summed E-state index contributed by atoms with van der Waals surface area (Å²) in [6.07, 6.45) is 2.85. The molecule has 2 atom stereocenters. The number of aliphatic hydroxyl groups excluding tert-OH is 1. The summed E-state index contributed by atoms with van der Waals surface area (Å²) in [6, 6.07) is 12.0. The average molecular weight is 497 g/mol. The van der Waals surface area contributed by atoms with Crippen molar-refractivity contribution in [3.63, 3.8) is 0 Å². The Labute approximate surface area is 207 Å². The number of nitrogen functional groups attached to an aromatic ring is 1. The van der Waals surface area contributed by atoms with Gasteiger partial charge in [0.05, 0.1) is 18.2 Å². The van der Waals surface area contributed by atoms with Crippen molar-refractivity contribution in [3.05, 3.63) is 82.3 Å². The van der Waals surface area contributed by atoms with Crippen molar-refractivity contribution in [2.45, 2.75) is 24.8 Å². The molecule has 4 N–H and O–H groups in total. The summed E-state index contributed by atoms with van der Waals surface area (Å²) in [5.74, 6) is -1.09. The molecule has 3 aromatic rings. The fourth-order valence-corrected chi connectivity index (χ4v) is 4.43. The standard InChI is InChI=1S/C26H26ClFN4O3/c1-32-8-7-15(12-24(32)34)18-10-21(25(29)30-13-18)16-5-6-20(22(28)11-16)26(35)31-23(14-33)17-3-2-4-19(27)9-17/h2-6,9-11,13,15,23,33H,7-8,12,14H2,1H3,(H2,29,30)(H,31,35)/t15-,23?/m0/s1. The van der Waals surface area contributed by atoms with E-state index in [0.29, 0.717) is 34.7 Å². The summed E-state index contributed by atoms with van der Waals surface area (Å²) in [7, 11) is 1.78. The third-order valence-electron chi connectivity index (χ3n) is 6.33. The number of halogens is 2. The number of hydrogen-bond donors (Lipinski definition) is 3. The zero-order valence-corrected chi connectivity index (χ0v) is 19.9. The lowest BCUT2D eigenvalue weighted by atomic mass is 9.88. The van der Waals surface area contributed by atoms with E-state index in [0.717, 1.165) is 12.0 Å². The molecule has 1 aliphatic rings. The summed E-state index contributed by atoms with van der Waals surface area (Å²) in [4.78, 5) is 30.8. The van der Waals surface area contributed by atoms with Gasteiger partial charge in [0.25, 0.3) is 5.91 Å². The van der Waals surface area contributed by atoms with E-state index in [1.165, 1.54) is 12.1 Å². The van der Waals surface area contributed by atoms with Crippen LogP contribution in [0.5, 0.6) is 0 Å². The molecular weight excluding hydrogens is 471 g/mol. The maximum atomic E-state index is 15.0. The van der Waals surface area contributed by atoms with Crippen LogP contribution in [-0.4, -0.2) is 47.0 Å². The maximum Gasteiger partial charge on any atom is 0.254 e. The molecule has 2 heterocycles. The van der Waals surface area contributed by atoms with Crippen LogP contribution in [0.3, 0.4) is 0 Å². The van der Waals surface area contributed by atoms with Crippen molar-refractivity contribution < 1.29 is 19.1 Å². The SMILES string of the molecule is CN1CC[C@H](c2cnc(N)c(-c3ccc(C(=O)NC(CO)c4cccc(Cl)c4)c(F)c3)c2)CC1=O. The summed E-state index contributed by atoms with van der Waals surface area (Å²) in [6.45, 7) is 0.284. The zero-order chi connectivity index (χ0) is 25.1. The quantitative estimate of drug-likeness (QED) is 0.479. The van der Waals surface area contributed by atoms with E-state index in [1.54, 1.807) is 48.5 Å². The van der Waals surface area contributed by atoms with E-state index < -0.39 is 17.8 Å². The molecule has 2 amide bonds. The van der Waals surface area contributed by atoms with Gasteiger partial charge in [-0.15, -0.1) is 0 Å². The Bertz CT molecular complexity index is 1270. The first kappa shape index (κ1) is 24.6. The highest BCUT2D eigenvalue weighted by Gasteiger charge is 2.26. The van der Waals surface area contributed by atoms with E-state index in [-0.39, 0.29) is 29.8 Å². The first-order chi connectivity index (χ1) is 16.8. The lowest BCUT2D eigenvalue weighted by Gasteiger charge is -2.29. The minimum atomic E-state index is -0.742. The van der Waals surface area contributed by atoms with Crippen molar-refractivity contribution in [3.8, 4) is 11.1 Å². The molecule has 7 nitrogen and oxygen atoms in total.